The molecule has 0 saturated carbocycles. The molecular weight excluding hydrogens is 188 g/mol. The molecule has 0 fully saturated rings. The van der Waals surface area contributed by atoms with Gasteiger partial charge in [0.15, 0.2) is 0 Å². The first-order valence-corrected chi connectivity index (χ1v) is 4.80. The van der Waals surface area contributed by atoms with Crippen LogP contribution in [0, 0.1) is 13.8 Å². The summed E-state index contributed by atoms with van der Waals surface area (Å²) in [6.45, 7) is 3.91. The van der Waals surface area contributed by atoms with E-state index in [1.807, 2.05) is 32.0 Å². The van der Waals surface area contributed by atoms with E-state index in [4.69, 9.17) is 0 Å². The zero-order valence-corrected chi connectivity index (χ0v) is 8.74. The van der Waals surface area contributed by atoms with Crippen LogP contribution in [-0.2, 0) is 0 Å². The SMILES string of the molecule is Cc1ccc(C)c(C(=O)c2ccn[nH]2)c1. The summed E-state index contributed by atoms with van der Waals surface area (Å²) >= 11 is 0. The average molecular weight is 200 g/mol. The van der Waals surface area contributed by atoms with Crippen molar-refractivity contribution in [1.82, 2.24) is 10.2 Å². The van der Waals surface area contributed by atoms with Crippen LogP contribution in [0.25, 0.3) is 0 Å². The fourth-order valence-electron chi connectivity index (χ4n) is 1.51. The standard InChI is InChI=1S/C12H12N2O/c1-8-3-4-9(2)10(7-8)12(15)11-5-6-13-14-11/h3-7H,1-2H3,(H,13,14). The predicted octanol–water partition coefficient (Wildman–Crippen LogP) is 2.26. The molecule has 2 rings (SSSR count). The molecule has 0 amide bonds. The number of carbonyl (C=O) groups is 1. The lowest BCUT2D eigenvalue weighted by Gasteiger charge is -2.04. The number of hydrogen-bond donors (Lipinski definition) is 1. The van der Waals surface area contributed by atoms with Crippen molar-refractivity contribution in [2.24, 2.45) is 0 Å². The maximum absolute atomic E-state index is 12.0. The fraction of sp³-hybridized carbons (Fsp3) is 0.167. The number of H-pyrrole nitrogens is 1. The highest BCUT2D eigenvalue weighted by atomic mass is 16.1. The normalized spacial score (nSPS) is 10.3. The number of carbonyl (C=O) groups excluding carboxylic acids is 1. The molecule has 1 N–H and O–H groups in total. The number of nitrogens with zero attached hydrogens (tertiary/aromatic N) is 1. The Hall–Kier alpha value is -1.90. The van der Waals surface area contributed by atoms with E-state index in [9.17, 15) is 4.79 Å². The Morgan fingerprint density at radius 2 is 2.07 bits per heavy atom. The van der Waals surface area contributed by atoms with Crippen molar-refractivity contribution in [2.75, 3.05) is 0 Å². The van der Waals surface area contributed by atoms with Gasteiger partial charge >= 0.3 is 0 Å². The molecule has 1 aromatic carbocycles. The van der Waals surface area contributed by atoms with Crippen molar-refractivity contribution < 1.29 is 4.79 Å². The van der Waals surface area contributed by atoms with Gasteiger partial charge in [0.2, 0.25) is 5.78 Å². The highest BCUT2D eigenvalue weighted by molar-refractivity contribution is 6.08. The van der Waals surface area contributed by atoms with E-state index in [2.05, 4.69) is 10.2 Å². The number of ketones is 1. The molecule has 0 radical (unpaired) electrons. The first kappa shape index (κ1) is 9.65. The Morgan fingerprint density at radius 1 is 1.27 bits per heavy atom. The quantitative estimate of drug-likeness (QED) is 0.756. The van der Waals surface area contributed by atoms with Gasteiger partial charge in [-0.2, -0.15) is 5.10 Å². The number of nitrogens with one attached hydrogen (secondary N) is 1. The molecule has 76 valence electrons. The number of rotatable bonds is 2. The lowest BCUT2D eigenvalue weighted by Crippen LogP contribution is -2.04. The lowest BCUT2D eigenvalue weighted by atomic mass is 10.0. The van der Waals surface area contributed by atoms with Gasteiger partial charge in [-0.25, -0.2) is 0 Å². The summed E-state index contributed by atoms with van der Waals surface area (Å²) in [4.78, 5) is 12.0. The van der Waals surface area contributed by atoms with Crippen LogP contribution in [0.15, 0.2) is 30.5 Å². The summed E-state index contributed by atoms with van der Waals surface area (Å²) in [7, 11) is 0. The van der Waals surface area contributed by atoms with Gasteiger partial charge in [-0.3, -0.25) is 9.89 Å². The maximum atomic E-state index is 12.0. The topological polar surface area (TPSA) is 45.8 Å². The first-order valence-electron chi connectivity index (χ1n) is 4.80. The Morgan fingerprint density at radius 3 is 2.73 bits per heavy atom. The van der Waals surface area contributed by atoms with Crippen molar-refractivity contribution in [1.29, 1.82) is 0 Å². The van der Waals surface area contributed by atoms with E-state index in [1.54, 1.807) is 12.3 Å². The summed E-state index contributed by atoms with van der Waals surface area (Å²) in [5.41, 5.74) is 3.34. The highest BCUT2D eigenvalue weighted by Gasteiger charge is 2.12. The highest BCUT2D eigenvalue weighted by Crippen LogP contribution is 2.14. The van der Waals surface area contributed by atoms with Gasteiger partial charge in [0, 0.05) is 11.8 Å². The first-order chi connectivity index (χ1) is 7.18. The number of aromatic amines is 1. The van der Waals surface area contributed by atoms with Gasteiger partial charge < -0.3 is 0 Å². The van der Waals surface area contributed by atoms with Gasteiger partial charge in [-0.15, -0.1) is 0 Å². The van der Waals surface area contributed by atoms with Gasteiger partial charge in [0.05, 0.1) is 0 Å². The van der Waals surface area contributed by atoms with Crippen molar-refractivity contribution >= 4 is 5.78 Å². The third-order valence-corrected chi connectivity index (χ3v) is 2.38. The molecule has 0 atom stereocenters. The smallest absolute Gasteiger partial charge is 0.211 e. The molecule has 1 aromatic heterocycles. The molecular formula is C12H12N2O. The average Bonchev–Trinajstić information content (AvgIpc) is 2.74. The monoisotopic (exact) mass is 200 g/mol. The van der Waals surface area contributed by atoms with E-state index >= 15 is 0 Å². The fourth-order valence-corrected chi connectivity index (χ4v) is 1.51. The molecule has 0 saturated heterocycles. The second-order valence-electron chi connectivity index (χ2n) is 3.62. The second-order valence-corrected chi connectivity index (χ2v) is 3.62. The van der Waals surface area contributed by atoms with Crippen molar-refractivity contribution in [2.45, 2.75) is 13.8 Å². The largest absolute Gasteiger partial charge is 0.287 e. The lowest BCUT2D eigenvalue weighted by molar-refractivity contribution is 0.103. The molecule has 0 bridgehead atoms. The van der Waals surface area contributed by atoms with Crippen LogP contribution < -0.4 is 0 Å². The van der Waals surface area contributed by atoms with Crippen molar-refractivity contribution in [3.63, 3.8) is 0 Å². The summed E-state index contributed by atoms with van der Waals surface area (Å²) < 4.78 is 0. The molecule has 0 spiro atoms. The summed E-state index contributed by atoms with van der Waals surface area (Å²) in [5.74, 6) is -0.00583. The Balaban J connectivity index is 2.46. The zero-order valence-electron chi connectivity index (χ0n) is 8.74. The predicted molar refractivity (Wildman–Crippen MR) is 57.9 cm³/mol. The van der Waals surface area contributed by atoms with Crippen LogP contribution in [0.2, 0.25) is 0 Å². The van der Waals surface area contributed by atoms with E-state index in [1.165, 1.54) is 0 Å². The minimum absolute atomic E-state index is 0.00583. The van der Waals surface area contributed by atoms with Crippen molar-refractivity contribution in [3.8, 4) is 0 Å². The van der Waals surface area contributed by atoms with Gasteiger partial charge in [0.1, 0.15) is 5.69 Å². The minimum atomic E-state index is -0.00583. The van der Waals surface area contributed by atoms with E-state index in [0.717, 1.165) is 16.7 Å². The molecule has 2 aromatic rings. The summed E-state index contributed by atoms with van der Waals surface area (Å²) in [6.07, 6.45) is 1.58. The Kier molecular flexibility index (Phi) is 2.37. The van der Waals surface area contributed by atoms with Gasteiger partial charge in [0.25, 0.3) is 0 Å². The second kappa shape index (κ2) is 3.69. The number of benzene rings is 1. The van der Waals surface area contributed by atoms with Crippen LogP contribution in [0.5, 0.6) is 0 Å². The third kappa shape index (κ3) is 1.81. The minimum Gasteiger partial charge on any atom is -0.287 e. The zero-order chi connectivity index (χ0) is 10.8. The third-order valence-electron chi connectivity index (χ3n) is 2.38. The van der Waals surface area contributed by atoms with Crippen molar-refractivity contribution in [3.05, 3.63) is 52.8 Å². The van der Waals surface area contributed by atoms with Gasteiger partial charge in [-0.1, -0.05) is 17.7 Å². The molecule has 0 aliphatic carbocycles. The van der Waals surface area contributed by atoms with Crippen LogP contribution in [0.1, 0.15) is 27.2 Å². The molecule has 0 unspecified atom stereocenters. The summed E-state index contributed by atoms with van der Waals surface area (Å²) in [5, 5.41) is 6.46. The molecule has 0 aliphatic rings. The molecule has 15 heavy (non-hydrogen) atoms. The molecule has 3 nitrogen and oxygen atoms in total. The maximum Gasteiger partial charge on any atom is 0.211 e. The van der Waals surface area contributed by atoms with Crippen LogP contribution in [0.4, 0.5) is 0 Å². The number of aryl methyl sites for hydroxylation is 2. The van der Waals surface area contributed by atoms with Gasteiger partial charge in [-0.05, 0) is 31.5 Å². The number of hydrogen-bond acceptors (Lipinski definition) is 2. The van der Waals surface area contributed by atoms with Crippen LogP contribution >= 0.6 is 0 Å². The number of aromatic nitrogens is 2. The Labute approximate surface area is 88.1 Å². The van der Waals surface area contributed by atoms with E-state index in [0.29, 0.717) is 5.69 Å². The van der Waals surface area contributed by atoms with E-state index < -0.39 is 0 Å². The summed E-state index contributed by atoms with van der Waals surface area (Å²) in [6, 6.07) is 7.54. The molecule has 3 heteroatoms. The van der Waals surface area contributed by atoms with Crippen LogP contribution in [-0.4, -0.2) is 16.0 Å². The molecule has 0 aliphatic heterocycles. The Bertz CT molecular complexity index is 486. The molecule has 1 heterocycles. The van der Waals surface area contributed by atoms with E-state index in [-0.39, 0.29) is 5.78 Å². The van der Waals surface area contributed by atoms with Crippen LogP contribution in [0.3, 0.4) is 0 Å².